The Balaban J connectivity index is 0.00000101. The summed E-state index contributed by atoms with van der Waals surface area (Å²) in [4.78, 5) is 26.9. The Morgan fingerprint density at radius 1 is 0.554 bits per heavy atom. The largest absolute Gasteiger partial charge is 0.741 e. The third-order valence-corrected chi connectivity index (χ3v) is 12.8. The van der Waals surface area contributed by atoms with Crippen molar-refractivity contribution in [3.63, 3.8) is 0 Å². The predicted molar refractivity (Wildman–Crippen MR) is 269 cm³/mol. The van der Waals surface area contributed by atoms with Crippen molar-refractivity contribution in [2.45, 2.75) is 105 Å². The van der Waals surface area contributed by atoms with Gasteiger partial charge in [-0.1, -0.05) is 135 Å². The van der Waals surface area contributed by atoms with Crippen LogP contribution in [0.5, 0.6) is 11.5 Å². The Hall–Kier alpha value is -6.22. The molecule has 2 heterocycles. The molecule has 2 aliphatic carbocycles. The number of ether oxygens (including phenoxy) is 2. The molecule has 0 aromatic carbocycles. The summed E-state index contributed by atoms with van der Waals surface area (Å²) < 4.78 is 132. The number of hydrogen-bond acceptors (Lipinski definition) is 10. The molecule has 0 N–H and O–H groups in total. The number of pyridine rings is 2. The van der Waals surface area contributed by atoms with E-state index in [0.29, 0.717) is 0 Å². The first-order valence-corrected chi connectivity index (χ1v) is 25.5. The van der Waals surface area contributed by atoms with Gasteiger partial charge in [-0.15, -0.1) is 0 Å². The van der Waals surface area contributed by atoms with Crippen LogP contribution < -0.4 is 18.6 Å². The molecule has 0 bridgehead atoms. The highest BCUT2D eigenvalue weighted by Gasteiger charge is 2.44. The fourth-order valence-electron chi connectivity index (χ4n) is 7.64. The van der Waals surface area contributed by atoms with Gasteiger partial charge in [-0.2, -0.15) is 35.5 Å². The second-order valence-corrected chi connectivity index (χ2v) is 21.3. The number of aromatic nitrogens is 2. The van der Waals surface area contributed by atoms with Gasteiger partial charge in [0.25, 0.3) is 0 Å². The highest BCUT2D eigenvalue weighted by atomic mass is 32.2. The summed E-state index contributed by atoms with van der Waals surface area (Å²) in [5.41, 5.74) is -3.28. The average Bonchev–Trinajstić information content (AvgIpc) is 3.29. The Bertz CT molecular complexity index is 2720. The fraction of sp³-hybridized carbons (Fsp3) is 0.370. The van der Waals surface area contributed by atoms with Gasteiger partial charge in [0.2, 0.25) is 23.7 Å². The minimum atomic E-state index is -6.09. The number of ketones is 2. The zero-order chi connectivity index (χ0) is 56.6. The summed E-state index contributed by atoms with van der Waals surface area (Å²) in [5, 5.41) is 0. The lowest BCUT2D eigenvalue weighted by Gasteiger charge is -2.34. The molecule has 4 rings (SSSR count). The second-order valence-electron chi connectivity index (χ2n) is 18.6. The highest BCUT2D eigenvalue weighted by Crippen LogP contribution is 2.44. The molecule has 12 nitrogen and oxygen atoms in total. The van der Waals surface area contributed by atoms with Crippen molar-refractivity contribution in [1.82, 2.24) is 0 Å². The normalized spacial score (nSPS) is 19.7. The van der Waals surface area contributed by atoms with Crippen LogP contribution in [-0.2, 0) is 29.8 Å². The summed E-state index contributed by atoms with van der Waals surface area (Å²) in [6, 6.07) is 7.12. The lowest BCUT2D eigenvalue weighted by atomic mass is 9.70. The topological polar surface area (TPSA) is 175 Å². The van der Waals surface area contributed by atoms with Crippen LogP contribution in [0.4, 0.5) is 26.3 Å². The molecule has 0 aliphatic heterocycles. The molecule has 20 heteroatoms. The van der Waals surface area contributed by atoms with Crippen molar-refractivity contribution in [1.29, 1.82) is 0 Å². The van der Waals surface area contributed by atoms with Crippen LogP contribution in [0.1, 0.15) is 94.2 Å². The molecule has 0 fully saturated rings. The number of hydrogen-bond donors (Lipinski definition) is 0. The van der Waals surface area contributed by atoms with Gasteiger partial charge in [-0.25, -0.2) is 16.8 Å². The molecule has 74 heavy (non-hydrogen) atoms. The van der Waals surface area contributed by atoms with Crippen LogP contribution in [0, 0.1) is 10.8 Å². The third kappa shape index (κ3) is 19.6. The molecule has 0 saturated carbocycles. The molecule has 0 radical (unpaired) electrons. The summed E-state index contributed by atoms with van der Waals surface area (Å²) in [7, 11) is -8.89. The van der Waals surface area contributed by atoms with Crippen molar-refractivity contribution in [3.05, 3.63) is 179 Å². The van der Waals surface area contributed by atoms with E-state index in [9.17, 15) is 35.9 Å². The Labute approximate surface area is 431 Å². The van der Waals surface area contributed by atoms with Gasteiger partial charge in [0, 0.05) is 48.3 Å². The zero-order valence-electron chi connectivity index (χ0n) is 43.3. The number of Topliss-reactive ketones (excluding diaryl/α,β-unsaturated/α-hetero) is 2. The molecule has 2 atom stereocenters. The Morgan fingerprint density at radius 3 is 1.07 bits per heavy atom. The van der Waals surface area contributed by atoms with E-state index < -0.39 is 31.3 Å². The van der Waals surface area contributed by atoms with Gasteiger partial charge < -0.3 is 18.6 Å². The van der Waals surface area contributed by atoms with Crippen LogP contribution in [0.2, 0.25) is 0 Å². The third-order valence-electron chi connectivity index (χ3n) is 11.7. The van der Waals surface area contributed by atoms with E-state index in [1.165, 1.54) is 0 Å². The van der Waals surface area contributed by atoms with Crippen molar-refractivity contribution < 1.29 is 80.5 Å². The lowest BCUT2D eigenvalue weighted by Crippen LogP contribution is -2.48. The quantitative estimate of drug-likeness (QED) is 0.0582. The number of carbonyl (C=O) groups excluding carboxylic acids is 2. The molecule has 2 aromatic rings. The van der Waals surface area contributed by atoms with Crippen molar-refractivity contribution >= 4 is 31.8 Å². The van der Waals surface area contributed by atoms with Crippen molar-refractivity contribution in [2.24, 2.45) is 10.8 Å². The Morgan fingerprint density at radius 2 is 0.811 bits per heavy atom. The summed E-state index contributed by atoms with van der Waals surface area (Å²) in [5.74, 6) is 1.87. The van der Waals surface area contributed by atoms with E-state index in [4.69, 9.17) is 35.4 Å². The molecule has 0 spiro atoms. The molecule has 404 valence electrons. The molecule has 2 aromatic heterocycles. The smallest absolute Gasteiger partial charge is 0.485 e. The molecule has 2 aliphatic rings. The molecular weight excluding hydrogens is 1010 g/mol. The van der Waals surface area contributed by atoms with Crippen molar-refractivity contribution in [2.75, 3.05) is 14.2 Å². The highest BCUT2D eigenvalue weighted by molar-refractivity contribution is 7.86. The fourth-order valence-corrected chi connectivity index (χ4v) is 7.64. The number of alkyl halides is 6. The van der Waals surface area contributed by atoms with E-state index in [1.807, 2.05) is 84.2 Å². The number of rotatable bonds is 14. The van der Waals surface area contributed by atoms with E-state index in [-0.39, 0.29) is 34.5 Å². The number of allylic oxidation sites excluding steroid dienone is 22. The van der Waals surface area contributed by atoms with Crippen molar-refractivity contribution in [3.8, 4) is 11.5 Å². The van der Waals surface area contributed by atoms with Gasteiger partial charge in [-0.05, 0) is 63.5 Å². The van der Waals surface area contributed by atoms with Gasteiger partial charge >= 0.3 is 11.0 Å². The number of methoxy groups -OCH3 is 2. The predicted octanol–water partition coefficient (Wildman–Crippen LogP) is 11.4. The van der Waals surface area contributed by atoms with Crippen LogP contribution >= 0.6 is 0 Å². The maximum atomic E-state index is 13.4. The van der Waals surface area contributed by atoms with Crippen LogP contribution in [0.25, 0.3) is 0 Å². The van der Waals surface area contributed by atoms with Crippen LogP contribution in [0.15, 0.2) is 179 Å². The average molecular weight is 1080 g/mol. The molecule has 0 amide bonds. The molecule has 0 saturated heterocycles. The summed E-state index contributed by atoms with van der Waals surface area (Å²) >= 11 is 0. The SMILES string of the molecule is COc1cc[n+](C2CC(C)(C)C(/C=C/C(C)=C/C=C/C(C)=C/C=C/C=C(C)/C=C/C=C(C)/C=C/C3=C(C)C(=O)C([n+]4ccc(OC)cc4)CC3(C)C)=C(C)C2=O)cc1.O=S(=O)([O-])C(F)(F)F.O=S(=O)([O-])C(F)(F)F. The second kappa shape index (κ2) is 26.8. The van der Waals surface area contributed by atoms with Gasteiger partial charge in [0.05, 0.1) is 14.2 Å². The minimum absolute atomic E-state index is 0.152. The van der Waals surface area contributed by atoms with Gasteiger partial charge in [-0.3, -0.25) is 9.59 Å². The summed E-state index contributed by atoms with van der Waals surface area (Å²) in [6.45, 7) is 21.1. The van der Waals surface area contributed by atoms with Gasteiger partial charge in [0.1, 0.15) is 11.5 Å². The standard InChI is InChI=1S/C52H64N2O4.2CHF3O3S/c1-37(19-15-21-39(3)23-25-45-41(5)49(55)47(35-51(45,7)8)53-31-27-43(57-11)28-32-53)17-13-14-18-38(2)20-16-22-40(4)24-26-46-42(6)50(56)48(36-52(46,9)10)54-33-29-44(58-12)30-34-54;2*2-1(3,4)8(5,6)7/h13-34,47-48H,35-36H2,1-12H3;2*(H,5,6,7)/q+2;;/p-2/b14-13+,19-15+,20-16+,25-23+,26-24+,37-17+,38-18+,39-21+,40-22+;;. The maximum Gasteiger partial charge on any atom is 0.485 e. The van der Waals surface area contributed by atoms with E-state index >= 15 is 0 Å². The minimum Gasteiger partial charge on any atom is -0.741 e. The Kier molecular flexibility index (Phi) is 23.2. The number of halogens is 6. The van der Waals surface area contributed by atoms with E-state index in [0.717, 1.165) is 68.9 Å². The van der Waals surface area contributed by atoms with E-state index in [2.05, 4.69) is 128 Å². The molecule has 2 unspecified atom stereocenters. The monoisotopic (exact) mass is 1080 g/mol. The van der Waals surface area contributed by atoms with Crippen LogP contribution in [-0.4, -0.2) is 62.7 Å². The van der Waals surface area contributed by atoms with Crippen LogP contribution in [0.3, 0.4) is 0 Å². The number of carbonyl (C=O) groups is 2. The van der Waals surface area contributed by atoms with E-state index in [1.54, 1.807) is 14.2 Å². The first-order valence-electron chi connectivity index (χ1n) is 22.7. The summed E-state index contributed by atoms with van der Waals surface area (Å²) in [6.07, 6.45) is 38.4. The first-order chi connectivity index (χ1) is 34.0. The zero-order valence-corrected chi connectivity index (χ0v) is 45.0. The number of nitrogens with zero attached hydrogens (tertiary/aromatic N) is 2. The van der Waals surface area contributed by atoms with Gasteiger partial charge in [0.15, 0.2) is 45.0 Å². The molecular formula is C54H64F6N2O10S2. The first kappa shape index (κ1) is 63.9. The lowest BCUT2D eigenvalue weighted by molar-refractivity contribution is -0.711. The maximum absolute atomic E-state index is 13.4.